The number of carbonyl (C=O) groups is 1. The summed E-state index contributed by atoms with van der Waals surface area (Å²) in [5, 5.41) is 21.8. The van der Waals surface area contributed by atoms with Gasteiger partial charge in [0.15, 0.2) is 0 Å². The standard InChI is InChI=1S/C16H24N2O3/c19-14-7-5-6-13(12-14)15(16(20)21)17-8-1-2-9-18-10-3-4-11-18/h5-7,12,15,17,19H,1-4,8-11H2,(H,20,21). The summed E-state index contributed by atoms with van der Waals surface area (Å²) >= 11 is 0. The molecule has 3 N–H and O–H groups in total. The fourth-order valence-corrected chi connectivity index (χ4v) is 2.77. The van der Waals surface area contributed by atoms with Gasteiger partial charge in [-0.3, -0.25) is 4.79 Å². The Morgan fingerprint density at radius 1 is 1.29 bits per heavy atom. The van der Waals surface area contributed by atoms with Crippen LogP contribution in [0.1, 0.15) is 37.3 Å². The van der Waals surface area contributed by atoms with Crippen LogP contribution in [0.2, 0.25) is 0 Å². The molecule has 0 aromatic heterocycles. The number of phenols is 1. The van der Waals surface area contributed by atoms with Crippen molar-refractivity contribution in [2.24, 2.45) is 0 Å². The number of rotatable bonds is 8. The highest BCUT2D eigenvalue weighted by Gasteiger charge is 2.19. The van der Waals surface area contributed by atoms with Crippen molar-refractivity contribution in [3.8, 4) is 5.75 Å². The summed E-state index contributed by atoms with van der Waals surface area (Å²) in [5.74, 6) is -0.824. The molecule has 5 nitrogen and oxygen atoms in total. The molecule has 21 heavy (non-hydrogen) atoms. The van der Waals surface area contributed by atoms with E-state index >= 15 is 0 Å². The molecule has 1 fully saturated rings. The van der Waals surface area contributed by atoms with Gasteiger partial charge >= 0.3 is 5.97 Å². The molecule has 1 aromatic carbocycles. The number of unbranched alkanes of at least 4 members (excludes halogenated alkanes) is 1. The molecular weight excluding hydrogens is 268 g/mol. The molecule has 1 saturated heterocycles. The predicted molar refractivity (Wildman–Crippen MR) is 81.4 cm³/mol. The number of carboxylic acid groups (broad SMARTS) is 1. The summed E-state index contributed by atoms with van der Waals surface area (Å²) in [7, 11) is 0. The first-order chi connectivity index (χ1) is 10.2. The minimum atomic E-state index is -0.917. The summed E-state index contributed by atoms with van der Waals surface area (Å²) in [6.07, 6.45) is 4.64. The lowest BCUT2D eigenvalue weighted by molar-refractivity contribution is -0.139. The Morgan fingerprint density at radius 3 is 2.71 bits per heavy atom. The summed E-state index contributed by atoms with van der Waals surface area (Å²) in [4.78, 5) is 13.8. The van der Waals surface area contributed by atoms with Crippen LogP contribution >= 0.6 is 0 Å². The lowest BCUT2D eigenvalue weighted by atomic mass is 10.1. The topological polar surface area (TPSA) is 72.8 Å². The minimum Gasteiger partial charge on any atom is -0.508 e. The second-order valence-electron chi connectivity index (χ2n) is 5.58. The number of hydrogen-bond acceptors (Lipinski definition) is 4. The lowest BCUT2D eigenvalue weighted by Crippen LogP contribution is -2.30. The molecule has 0 aliphatic carbocycles. The zero-order valence-electron chi connectivity index (χ0n) is 12.3. The molecule has 1 aliphatic heterocycles. The van der Waals surface area contributed by atoms with Gasteiger partial charge in [-0.1, -0.05) is 12.1 Å². The van der Waals surface area contributed by atoms with Gasteiger partial charge in [0.2, 0.25) is 0 Å². The van der Waals surface area contributed by atoms with Crippen molar-refractivity contribution in [3.05, 3.63) is 29.8 Å². The fourth-order valence-electron chi connectivity index (χ4n) is 2.77. The van der Waals surface area contributed by atoms with E-state index in [0.717, 1.165) is 19.4 Å². The van der Waals surface area contributed by atoms with E-state index in [4.69, 9.17) is 0 Å². The molecule has 1 aliphatic rings. The maximum Gasteiger partial charge on any atom is 0.325 e. The number of carboxylic acids is 1. The first-order valence-corrected chi connectivity index (χ1v) is 7.64. The van der Waals surface area contributed by atoms with Crippen molar-refractivity contribution >= 4 is 5.97 Å². The van der Waals surface area contributed by atoms with Crippen LogP contribution < -0.4 is 5.32 Å². The number of likely N-dealkylation sites (tertiary alicyclic amines) is 1. The van der Waals surface area contributed by atoms with Crippen LogP contribution in [0.15, 0.2) is 24.3 Å². The molecular formula is C16H24N2O3. The van der Waals surface area contributed by atoms with E-state index < -0.39 is 12.0 Å². The van der Waals surface area contributed by atoms with Crippen LogP contribution in [0.25, 0.3) is 0 Å². The molecule has 2 rings (SSSR count). The number of aliphatic carboxylic acids is 1. The van der Waals surface area contributed by atoms with Gasteiger partial charge in [-0.15, -0.1) is 0 Å². The molecule has 1 aromatic rings. The second kappa shape index (κ2) is 8.00. The first kappa shape index (κ1) is 15.8. The predicted octanol–water partition coefficient (Wildman–Crippen LogP) is 1.98. The zero-order chi connectivity index (χ0) is 15.1. The smallest absolute Gasteiger partial charge is 0.325 e. The van der Waals surface area contributed by atoms with Gasteiger partial charge in [0.05, 0.1) is 0 Å². The van der Waals surface area contributed by atoms with E-state index in [1.54, 1.807) is 18.2 Å². The number of aromatic hydroxyl groups is 1. The maximum absolute atomic E-state index is 11.3. The third-order valence-corrected chi connectivity index (χ3v) is 3.90. The van der Waals surface area contributed by atoms with Gasteiger partial charge in [0.1, 0.15) is 11.8 Å². The third-order valence-electron chi connectivity index (χ3n) is 3.90. The van der Waals surface area contributed by atoms with E-state index in [1.807, 2.05) is 0 Å². The summed E-state index contributed by atoms with van der Waals surface area (Å²) in [6, 6.07) is 5.66. The second-order valence-corrected chi connectivity index (χ2v) is 5.58. The maximum atomic E-state index is 11.3. The zero-order valence-corrected chi connectivity index (χ0v) is 12.3. The molecule has 0 spiro atoms. The van der Waals surface area contributed by atoms with Gasteiger partial charge in [-0.2, -0.15) is 0 Å². The lowest BCUT2D eigenvalue weighted by Gasteiger charge is -2.17. The van der Waals surface area contributed by atoms with Crippen LogP contribution in [0.3, 0.4) is 0 Å². The van der Waals surface area contributed by atoms with Crippen LogP contribution in [-0.4, -0.2) is 47.3 Å². The van der Waals surface area contributed by atoms with Crippen molar-refractivity contribution in [2.45, 2.75) is 31.7 Å². The highest BCUT2D eigenvalue weighted by molar-refractivity contribution is 5.75. The first-order valence-electron chi connectivity index (χ1n) is 7.64. The monoisotopic (exact) mass is 292 g/mol. The number of nitrogens with zero attached hydrogens (tertiary/aromatic N) is 1. The fraction of sp³-hybridized carbons (Fsp3) is 0.562. The minimum absolute atomic E-state index is 0.0922. The summed E-state index contributed by atoms with van der Waals surface area (Å²) < 4.78 is 0. The summed E-state index contributed by atoms with van der Waals surface area (Å²) in [5.41, 5.74) is 0.585. The average Bonchev–Trinajstić information content (AvgIpc) is 2.95. The SMILES string of the molecule is O=C(O)C(NCCCCN1CCCC1)c1cccc(O)c1. The van der Waals surface area contributed by atoms with Crippen LogP contribution in [0, 0.1) is 0 Å². The normalized spacial score (nSPS) is 17.0. The number of phenolic OH excluding ortho intramolecular Hbond substituents is 1. The van der Waals surface area contributed by atoms with Gasteiger partial charge in [-0.25, -0.2) is 0 Å². The van der Waals surface area contributed by atoms with Gasteiger partial charge in [-0.05, 0) is 69.6 Å². The van der Waals surface area contributed by atoms with E-state index in [-0.39, 0.29) is 5.75 Å². The van der Waals surface area contributed by atoms with Crippen LogP contribution in [0.5, 0.6) is 5.75 Å². The molecule has 0 amide bonds. The van der Waals surface area contributed by atoms with Crippen molar-refractivity contribution in [1.82, 2.24) is 10.2 Å². The van der Waals surface area contributed by atoms with Crippen LogP contribution in [0.4, 0.5) is 0 Å². The Labute approximate surface area is 125 Å². The molecule has 0 saturated carbocycles. The Bertz CT molecular complexity index is 459. The van der Waals surface area contributed by atoms with Crippen molar-refractivity contribution in [3.63, 3.8) is 0 Å². The number of nitrogens with one attached hydrogen (secondary N) is 1. The molecule has 1 atom stereocenters. The van der Waals surface area contributed by atoms with E-state index in [1.165, 1.54) is 32.0 Å². The molecule has 1 unspecified atom stereocenters. The van der Waals surface area contributed by atoms with E-state index in [0.29, 0.717) is 12.1 Å². The quantitative estimate of drug-likeness (QED) is 0.639. The Kier molecular flexibility index (Phi) is 6.02. The van der Waals surface area contributed by atoms with Crippen LogP contribution in [-0.2, 0) is 4.79 Å². The van der Waals surface area contributed by atoms with Gasteiger partial charge in [0.25, 0.3) is 0 Å². The molecule has 1 heterocycles. The molecule has 0 bridgehead atoms. The molecule has 5 heteroatoms. The highest BCUT2D eigenvalue weighted by atomic mass is 16.4. The Balaban J connectivity index is 1.74. The number of hydrogen-bond donors (Lipinski definition) is 3. The van der Waals surface area contributed by atoms with Gasteiger partial charge in [0, 0.05) is 0 Å². The Hall–Kier alpha value is -1.59. The van der Waals surface area contributed by atoms with E-state index in [2.05, 4.69) is 10.2 Å². The average molecular weight is 292 g/mol. The summed E-state index contributed by atoms with van der Waals surface area (Å²) in [6.45, 7) is 4.18. The van der Waals surface area contributed by atoms with Crippen molar-refractivity contribution < 1.29 is 15.0 Å². The molecule has 116 valence electrons. The Morgan fingerprint density at radius 2 is 2.05 bits per heavy atom. The largest absolute Gasteiger partial charge is 0.508 e. The highest BCUT2D eigenvalue weighted by Crippen LogP contribution is 2.18. The molecule has 0 radical (unpaired) electrons. The van der Waals surface area contributed by atoms with Crippen molar-refractivity contribution in [2.75, 3.05) is 26.2 Å². The third kappa shape index (κ3) is 5.02. The van der Waals surface area contributed by atoms with Gasteiger partial charge < -0.3 is 20.4 Å². The van der Waals surface area contributed by atoms with E-state index in [9.17, 15) is 15.0 Å². The number of benzene rings is 1. The van der Waals surface area contributed by atoms with Crippen molar-refractivity contribution in [1.29, 1.82) is 0 Å².